The Hall–Kier alpha value is -0.160. The molecule has 0 saturated carbocycles. The minimum absolute atomic E-state index is 0.217. The lowest BCUT2D eigenvalue weighted by Gasteiger charge is -2.35. The van der Waals surface area contributed by atoms with Crippen LogP contribution in [-0.2, 0) is 18.9 Å². The molecule has 0 aromatic heterocycles. The second-order valence-electron chi connectivity index (χ2n) is 5.99. The van der Waals surface area contributed by atoms with Gasteiger partial charge < -0.3 is 18.9 Å². The van der Waals surface area contributed by atoms with E-state index in [1.54, 1.807) is 0 Å². The summed E-state index contributed by atoms with van der Waals surface area (Å²) in [7, 11) is 0. The lowest BCUT2D eigenvalue weighted by Crippen LogP contribution is -2.44. The standard InChI is InChI=1S/C12H24O4/c1-11(2,3)15-9-7-14-10(8-13-9)16-12(4,5)6/h9-10H,7-8H2,1-6H3/t9-,10-/m0/s1. The van der Waals surface area contributed by atoms with E-state index in [0.29, 0.717) is 13.2 Å². The maximum atomic E-state index is 5.65. The third-order valence-corrected chi connectivity index (χ3v) is 1.81. The van der Waals surface area contributed by atoms with E-state index in [9.17, 15) is 0 Å². The Morgan fingerprint density at radius 3 is 1.25 bits per heavy atom. The predicted molar refractivity (Wildman–Crippen MR) is 61.2 cm³/mol. The van der Waals surface area contributed by atoms with Crippen LogP contribution in [-0.4, -0.2) is 37.0 Å². The van der Waals surface area contributed by atoms with Gasteiger partial charge in [0, 0.05) is 0 Å². The largest absolute Gasteiger partial charge is 0.345 e. The number of rotatable bonds is 2. The van der Waals surface area contributed by atoms with Crippen molar-refractivity contribution in [3.63, 3.8) is 0 Å². The zero-order valence-corrected chi connectivity index (χ0v) is 11.2. The Bertz CT molecular complexity index is 182. The van der Waals surface area contributed by atoms with E-state index in [1.807, 2.05) is 41.5 Å². The summed E-state index contributed by atoms with van der Waals surface area (Å²) in [5.41, 5.74) is -0.433. The smallest absolute Gasteiger partial charge is 0.181 e. The van der Waals surface area contributed by atoms with Gasteiger partial charge in [-0.25, -0.2) is 0 Å². The molecule has 4 heteroatoms. The van der Waals surface area contributed by atoms with Gasteiger partial charge in [-0.1, -0.05) is 0 Å². The molecule has 96 valence electrons. The quantitative estimate of drug-likeness (QED) is 0.732. The Labute approximate surface area is 98.2 Å². The molecule has 0 amide bonds. The molecule has 1 rings (SSSR count). The highest BCUT2D eigenvalue weighted by molar-refractivity contribution is 4.66. The third kappa shape index (κ3) is 5.80. The maximum absolute atomic E-state index is 5.65. The van der Waals surface area contributed by atoms with Gasteiger partial charge in [0.15, 0.2) is 12.6 Å². The van der Waals surface area contributed by atoms with Gasteiger partial charge in [-0.15, -0.1) is 0 Å². The van der Waals surface area contributed by atoms with Crippen LogP contribution in [0, 0.1) is 0 Å². The van der Waals surface area contributed by atoms with Crippen molar-refractivity contribution in [3.8, 4) is 0 Å². The van der Waals surface area contributed by atoms with E-state index in [1.165, 1.54) is 0 Å². The second-order valence-corrected chi connectivity index (χ2v) is 5.99. The van der Waals surface area contributed by atoms with Crippen molar-refractivity contribution in [2.24, 2.45) is 0 Å². The third-order valence-electron chi connectivity index (χ3n) is 1.81. The molecule has 1 heterocycles. The highest BCUT2D eigenvalue weighted by atomic mass is 16.8. The van der Waals surface area contributed by atoms with Crippen LogP contribution in [0.4, 0.5) is 0 Å². The van der Waals surface area contributed by atoms with Gasteiger partial charge >= 0.3 is 0 Å². The SMILES string of the molecule is CC(C)(C)O[C@H]1CO[C@@H](OC(C)(C)C)CO1. The summed E-state index contributed by atoms with van der Waals surface area (Å²) >= 11 is 0. The molecule has 0 N–H and O–H groups in total. The molecule has 0 bridgehead atoms. The molecule has 0 radical (unpaired) electrons. The average molecular weight is 232 g/mol. The minimum Gasteiger partial charge on any atom is -0.345 e. The van der Waals surface area contributed by atoms with Gasteiger partial charge in [-0.3, -0.25) is 0 Å². The molecule has 4 nitrogen and oxygen atoms in total. The first-order valence-corrected chi connectivity index (χ1v) is 5.74. The van der Waals surface area contributed by atoms with Crippen molar-refractivity contribution in [3.05, 3.63) is 0 Å². The van der Waals surface area contributed by atoms with Crippen LogP contribution < -0.4 is 0 Å². The van der Waals surface area contributed by atoms with Gasteiger partial charge in [0.2, 0.25) is 0 Å². The summed E-state index contributed by atoms with van der Waals surface area (Å²) in [6.45, 7) is 12.8. The van der Waals surface area contributed by atoms with Crippen molar-refractivity contribution in [2.45, 2.75) is 65.3 Å². The zero-order valence-electron chi connectivity index (χ0n) is 11.2. The first-order chi connectivity index (χ1) is 7.16. The highest BCUT2D eigenvalue weighted by Gasteiger charge is 2.29. The van der Waals surface area contributed by atoms with E-state index in [-0.39, 0.29) is 23.8 Å². The van der Waals surface area contributed by atoms with Crippen molar-refractivity contribution in [1.82, 2.24) is 0 Å². The Morgan fingerprint density at radius 2 is 1.06 bits per heavy atom. The fraction of sp³-hybridized carbons (Fsp3) is 1.00. The van der Waals surface area contributed by atoms with Gasteiger partial charge in [-0.2, -0.15) is 0 Å². The molecule has 16 heavy (non-hydrogen) atoms. The first-order valence-electron chi connectivity index (χ1n) is 5.74. The summed E-state index contributed by atoms with van der Waals surface area (Å²) in [5.74, 6) is 0. The molecule has 0 aromatic rings. The molecule has 0 unspecified atom stereocenters. The van der Waals surface area contributed by atoms with Crippen molar-refractivity contribution < 1.29 is 18.9 Å². The van der Waals surface area contributed by atoms with Gasteiger partial charge in [0.25, 0.3) is 0 Å². The molecule has 0 spiro atoms. The fourth-order valence-electron chi connectivity index (χ4n) is 1.39. The van der Waals surface area contributed by atoms with Crippen LogP contribution in [0.25, 0.3) is 0 Å². The number of hydrogen-bond donors (Lipinski definition) is 0. The fourth-order valence-corrected chi connectivity index (χ4v) is 1.39. The van der Waals surface area contributed by atoms with Crippen LogP contribution in [0.15, 0.2) is 0 Å². The van der Waals surface area contributed by atoms with Crippen LogP contribution in [0.3, 0.4) is 0 Å². The molecule has 0 aliphatic carbocycles. The summed E-state index contributed by atoms with van der Waals surface area (Å²) in [6, 6.07) is 0. The maximum Gasteiger partial charge on any atom is 0.181 e. The highest BCUT2D eigenvalue weighted by Crippen LogP contribution is 2.19. The predicted octanol–water partition coefficient (Wildman–Crippen LogP) is 2.32. The Kier molecular flexibility index (Phi) is 4.35. The van der Waals surface area contributed by atoms with Gasteiger partial charge in [-0.05, 0) is 41.5 Å². The molecule has 1 aliphatic rings. The molecular weight excluding hydrogens is 208 g/mol. The average Bonchev–Trinajstić information content (AvgIpc) is 2.03. The van der Waals surface area contributed by atoms with Gasteiger partial charge in [0.1, 0.15) is 13.2 Å². The normalized spacial score (nSPS) is 28.1. The number of hydrogen-bond acceptors (Lipinski definition) is 4. The van der Waals surface area contributed by atoms with Crippen LogP contribution in [0.5, 0.6) is 0 Å². The molecule has 0 aromatic carbocycles. The summed E-state index contributed by atoms with van der Waals surface area (Å²) in [6.07, 6.45) is -0.584. The van der Waals surface area contributed by atoms with Crippen LogP contribution in [0.2, 0.25) is 0 Å². The molecular formula is C12H24O4. The summed E-state index contributed by atoms with van der Waals surface area (Å²) in [4.78, 5) is 0. The Morgan fingerprint density at radius 1 is 0.750 bits per heavy atom. The van der Waals surface area contributed by atoms with Crippen molar-refractivity contribution in [2.75, 3.05) is 13.2 Å². The lowest BCUT2D eigenvalue weighted by molar-refractivity contribution is -0.321. The van der Waals surface area contributed by atoms with Crippen LogP contribution >= 0.6 is 0 Å². The first kappa shape index (κ1) is 13.9. The Balaban J connectivity index is 2.29. The molecule has 1 saturated heterocycles. The number of ether oxygens (including phenoxy) is 4. The topological polar surface area (TPSA) is 36.9 Å². The van der Waals surface area contributed by atoms with E-state index in [0.717, 1.165) is 0 Å². The zero-order chi connectivity index (χ0) is 12.4. The molecule has 2 atom stereocenters. The monoisotopic (exact) mass is 232 g/mol. The van der Waals surface area contributed by atoms with E-state index < -0.39 is 0 Å². The lowest BCUT2D eigenvalue weighted by atomic mass is 10.2. The van der Waals surface area contributed by atoms with Gasteiger partial charge in [0.05, 0.1) is 11.2 Å². The molecule has 1 fully saturated rings. The van der Waals surface area contributed by atoms with Crippen molar-refractivity contribution in [1.29, 1.82) is 0 Å². The van der Waals surface area contributed by atoms with Crippen molar-refractivity contribution >= 4 is 0 Å². The molecule has 1 aliphatic heterocycles. The van der Waals surface area contributed by atoms with E-state index in [4.69, 9.17) is 18.9 Å². The van der Waals surface area contributed by atoms with E-state index in [2.05, 4.69) is 0 Å². The summed E-state index contributed by atoms with van der Waals surface area (Å²) in [5, 5.41) is 0. The second kappa shape index (κ2) is 5.00. The summed E-state index contributed by atoms with van der Waals surface area (Å²) < 4.78 is 22.4. The minimum atomic E-state index is -0.292. The van der Waals surface area contributed by atoms with E-state index >= 15 is 0 Å². The van der Waals surface area contributed by atoms with Crippen LogP contribution in [0.1, 0.15) is 41.5 Å².